The number of hydrogen-bond donors (Lipinski definition) is 1. The summed E-state index contributed by atoms with van der Waals surface area (Å²) in [7, 11) is -5.76. The molecule has 20 heavy (non-hydrogen) atoms. The van der Waals surface area contributed by atoms with Gasteiger partial charge in [-0.2, -0.15) is 17.2 Å². The normalized spacial score (nSPS) is 12.4. The van der Waals surface area contributed by atoms with E-state index in [0.29, 0.717) is 0 Å². The van der Waals surface area contributed by atoms with Crippen molar-refractivity contribution in [3.05, 3.63) is 35.4 Å². The van der Waals surface area contributed by atoms with Gasteiger partial charge in [-0.3, -0.25) is 9.35 Å². The van der Waals surface area contributed by atoms with Gasteiger partial charge in [-0.15, -0.1) is 0 Å². The molecule has 1 aromatic carbocycles. The fourth-order valence-electron chi connectivity index (χ4n) is 1.69. The van der Waals surface area contributed by atoms with Crippen LogP contribution in [0.15, 0.2) is 24.3 Å². The van der Waals surface area contributed by atoms with Gasteiger partial charge in [-0.25, -0.2) is 0 Å². The zero-order valence-electron chi connectivity index (χ0n) is 11.0. The number of alkyl halides is 2. The van der Waals surface area contributed by atoms with E-state index in [1.165, 1.54) is 12.1 Å². The number of hydrogen-bond acceptors (Lipinski definition) is 3. The van der Waals surface area contributed by atoms with E-state index in [0.717, 1.165) is 43.4 Å². The lowest BCUT2D eigenvalue weighted by atomic mass is 10.0. The molecule has 112 valence electrons. The molecule has 0 aliphatic carbocycles. The highest BCUT2D eigenvalue weighted by Gasteiger charge is 2.52. The van der Waals surface area contributed by atoms with E-state index < -0.39 is 26.7 Å². The van der Waals surface area contributed by atoms with Crippen molar-refractivity contribution in [2.45, 2.75) is 37.9 Å². The summed E-state index contributed by atoms with van der Waals surface area (Å²) in [4.78, 5) is 11.4. The molecular formula is C13H16F2O4S. The SMILES string of the molecule is CCCCCc1ccc(C(=O)C(F)(F)S(=O)(=O)O)cc1. The van der Waals surface area contributed by atoms with Crippen LogP contribution in [0.25, 0.3) is 0 Å². The smallest absolute Gasteiger partial charge is 0.286 e. The van der Waals surface area contributed by atoms with E-state index in [1.807, 2.05) is 0 Å². The molecule has 0 saturated carbocycles. The minimum Gasteiger partial charge on any atom is -0.286 e. The fourth-order valence-corrected chi connectivity index (χ4v) is 2.04. The molecule has 0 unspecified atom stereocenters. The van der Waals surface area contributed by atoms with Crippen molar-refractivity contribution in [2.75, 3.05) is 0 Å². The van der Waals surface area contributed by atoms with Gasteiger partial charge in [0, 0.05) is 5.56 Å². The quantitative estimate of drug-likeness (QED) is 0.477. The van der Waals surface area contributed by atoms with Gasteiger partial charge in [0.15, 0.2) is 0 Å². The van der Waals surface area contributed by atoms with Crippen LogP contribution in [0.5, 0.6) is 0 Å². The summed E-state index contributed by atoms with van der Waals surface area (Å²) in [5, 5.41) is -4.82. The van der Waals surface area contributed by atoms with Crippen LogP contribution in [0.2, 0.25) is 0 Å². The number of carbonyl (C=O) groups is 1. The molecule has 0 aliphatic rings. The second-order valence-corrected chi connectivity index (χ2v) is 5.94. The van der Waals surface area contributed by atoms with Gasteiger partial charge in [0.2, 0.25) is 5.78 Å². The van der Waals surface area contributed by atoms with Gasteiger partial charge in [0.1, 0.15) is 0 Å². The summed E-state index contributed by atoms with van der Waals surface area (Å²) in [6.45, 7) is 2.05. The minimum absolute atomic E-state index is 0.452. The maximum Gasteiger partial charge on any atom is 0.431 e. The zero-order valence-corrected chi connectivity index (χ0v) is 11.8. The third-order valence-corrected chi connectivity index (χ3v) is 3.71. The average molecular weight is 306 g/mol. The Balaban J connectivity index is 2.86. The van der Waals surface area contributed by atoms with Crippen LogP contribution in [-0.4, -0.2) is 24.0 Å². The molecule has 0 bridgehead atoms. The minimum atomic E-state index is -5.76. The van der Waals surface area contributed by atoms with Crippen LogP contribution in [-0.2, 0) is 16.5 Å². The third kappa shape index (κ3) is 3.83. The topological polar surface area (TPSA) is 71.4 Å². The molecule has 7 heteroatoms. The number of ketones is 1. The van der Waals surface area contributed by atoms with Crippen LogP contribution in [0.3, 0.4) is 0 Å². The molecular weight excluding hydrogens is 290 g/mol. The molecule has 0 aliphatic heterocycles. The highest BCUT2D eigenvalue weighted by molar-refractivity contribution is 7.87. The highest BCUT2D eigenvalue weighted by Crippen LogP contribution is 2.26. The Labute approximate surface area is 116 Å². The molecule has 0 aromatic heterocycles. The second-order valence-electron chi connectivity index (χ2n) is 4.47. The first kappa shape index (κ1) is 16.7. The van der Waals surface area contributed by atoms with E-state index in [1.54, 1.807) is 0 Å². The van der Waals surface area contributed by atoms with Gasteiger partial charge in [-0.1, -0.05) is 44.0 Å². The Morgan fingerprint density at radius 1 is 1.20 bits per heavy atom. The molecule has 0 spiro atoms. The molecule has 0 radical (unpaired) electrons. The largest absolute Gasteiger partial charge is 0.431 e. The Morgan fingerprint density at radius 3 is 2.20 bits per heavy atom. The van der Waals surface area contributed by atoms with Crippen molar-refractivity contribution in [2.24, 2.45) is 0 Å². The summed E-state index contributed by atoms with van der Waals surface area (Å²) >= 11 is 0. The lowest BCUT2D eigenvalue weighted by Gasteiger charge is -2.11. The first-order valence-corrected chi connectivity index (χ1v) is 7.62. The molecule has 1 N–H and O–H groups in total. The number of unbranched alkanes of at least 4 members (excludes halogenated alkanes) is 2. The van der Waals surface area contributed by atoms with E-state index in [-0.39, 0.29) is 0 Å². The fraction of sp³-hybridized carbons (Fsp3) is 0.462. The average Bonchev–Trinajstić information content (AvgIpc) is 2.37. The first-order valence-electron chi connectivity index (χ1n) is 6.18. The predicted molar refractivity (Wildman–Crippen MR) is 70.5 cm³/mol. The van der Waals surface area contributed by atoms with Crippen LogP contribution in [0.1, 0.15) is 42.1 Å². The Morgan fingerprint density at radius 2 is 1.75 bits per heavy atom. The van der Waals surface area contributed by atoms with E-state index >= 15 is 0 Å². The number of aryl methyl sites for hydroxylation is 1. The van der Waals surface area contributed by atoms with Crippen molar-refractivity contribution < 1.29 is 26.5 Å². The third-order valence-electron chi connectivity index (χ3n) is 2.87. The summed E-state index contributed by atoms with van der Waals surface area (Å²) in [6, 6.07) is 5.29. The van der Waals surface area contributed by atoms with E-state index in [2.05, 4.69) is 6.92 Å². The zero-order chi connectivity index (χ0) is 15.4. The summed E-state index contributed by atoms with van der Waals surface area (Å²) in [6.07, 6.45) is 3.81. The van der Waals surface area contributed by atoms with Crippen molar-refractivity contribution in [1.82, 2.24) is 0 Å². The predicted octanol–water partition coefficient (Wildman–Crippen LogP) is 3.08. The van der Waals surface area contributed by atoms with Crippen LogP contribution in [0.4, 0.5) is 8.78 Å². The first-order chi connectivity index (χ1) is 9.20. The summed E-state index contributed by atoms with van der Waals surface area (Å²) in [5.74, 6) is -1.93. The summed E-state index contributed by atoms with van der Waals surface area (Å²) < 4.78 is 55.7. The summed E-state index contributed by atoms with van der Waals surface area (Å²) in [5.41, 5.74) is 0.428. The maximum absolute atomic E-state index is 13.2. The lowest BCUT2D eigenvalue weighted by molar-refractivity contribution is 0.0492. The number of rotatable bonds is 7. The number of halogens is 2. The van der Waals surface area contributed by atoms with Gasteiger partial charge >= 0.3 is 15.4 Å². The lowest BCUT2D eigenvalue weighted by Crippen LogP contribution is -2.37. The van der Waals surface area contributed by atoms with E-state index in [9.17, 15) is 22.0 Å². The van der Waals surface area contributed by atoms with E-state index in [4.69, 9.17) is 4.55 Å². The van der Waals surface area contributed by atoms with Crippen molar-refractivity contribution in [3.63, 3.8) is 0 Å². The van der Waals surface area contributed by atoms with Crippen LogP contribution in [0, 0.1) is 0 Å². The van der Waals surface area contributed by atoms with Crippen LogP contribution >= 0.6 is 0 Å². The Bertz CT molecular complexity index is 565. The van der Waals surface area contributed by atoms with Gasteiger partial charge in [0.05, 0.1) is 0 Å². The van der Waals surface area contributed by atoms with Crippen molar-refractivity contribution >= 4 is 15.9 Å². The van der Waals surface area contributed by atoms with Gasteiger partial charge in [0.25, 0.3) is 0 Å². The monoisotopic (exact) mass is 306 g/mol. The standard InChI is InChI=1S/C13H16F2O4S/c1-2-3-4-5-10-6-8-11(9-7-10)12(16)13(14,15)20(17,18)19/h6-9H,2-5H2,1H3,(H,17,18,19). The number of carbonyl (C=O) groups excluding carboxylic acids is 1. The molecule has 0 fully saturated rings. The second kappa shape index (κ2) is 6.41. The molecule has 1 rings (SSSR count). The highest BCUT2D eigenvalue weighted by atomic mass is 32.2. The molecule has 0 saturated heterocycles. The number of Topliss-reactive ketones (excluding diaryl/α,β-unsaturated/α-hetero) is 1. The molecule has 0 amide bonds. The number of benzene rings is 1. The molecule has 1 aromatic rings. The van der Waals surface area contributed by atoms with Gasteiger partial charge < -0.3 is 0 Å². The Kier molecular flexibility index (Phi) is 5.35. The van der Waals surface area contributed by atoms with Gasteiger partial charge in [-0.05, 0) is 18.4 Å². The van der Waals surface area contributed by atoms with Crippen molar-refractivity contribution in [3.8, 4) is 0 Å². The Hall–Kier alpha value is -1.34. The van der Waals surface area contributed by atoms with Crippen molar-refractivity contribution in [1.29, 1.82) is 0 Å². The molecule has 4 nitrogen and oxygen atoms in total. The molecule has 0 heterocycles. The maximum atomic E-state index is 13.2. The van der Waals surface area contributed by atoms with Crippen LogP contribution < -0.4 is 0 Å². The molecule has 0 atom stereocenters.